The second-order valence-electron chi connectivity index (χ2n) is 9.90. The number of halogens is 1. The van der Waals surface area contributed by atoms with Crippen molar-refractivity contribution in [3.63, 3.8) is 0 Å². The van der Waals surface area contributed by atoms with Crippen LogP contribution in [0.4, 0.5) is 11.5 Å². The Morgan fingerprint density at radius 3 is 2.56 bits per heavy atom. The summed E-state index contributed by atoms with van der Waals surface area (Å²) in [6.45, 7) is 13.1. The lowest BCUT2D eigenvalue weighted by molar-refractivity contribution is -0.123. The molecular weight excluding hydrogens is 480 g/mol. The van der Waals surface area contributed by atoms with Gasteiger partial charge >= 0.3 is 0 Å². The minimum Gasteiger partial charge on any atom is -0.372 e. The summed E-state index contributed by atoms with van der Waals surface area (Å²) in [6.07, 6.45) is 2.09. The van der Waals surface area contributed by atoms with E-state index in [0.29, 0.717) is 24.6 Å². The normalized spacial score (nSPS) is 18.9. The summed E-state index contributed by atoms with van der Waals surface area (Å²) in [6, 6.07) is 5.91. The first-order valence-corrected chi connectivity index (χ1v) is 12.6. The molecule has 1 amide bonds. The highest BCUT2D eigenvalue weighted by atomic mass is 35.5. The molecule has 0 aliphatic carbocycles. The fourth-order valence-electron chi connectivity index (χ4n) is 4.56. The fraction of sp³-hybridized carbons (Fsp3) is 0.600. The molecule has 1 aliphatic heterocycles. The number of morpholine rings is 1. The molecule has 3 aromatic rings. The van der Waals surface area contributed by atoms with E-state index in [-0.39, 0.29) is 36.4 Å². The highest BCUT2D eigenvalue weighted by Gasteiger charge is 2.23. The van der Waals surface area contributed by atoms with Crippen molar-refractivity contribution in [1.29, 1.82) is 0 Å². The molecular formula is C25H39ClN8O2. The number of nitrogens with zero attached hydrogens (tertiary/aromatic N) is 5. The molecule has 1 fully saturated rings. The number of hydrogen-bond acceptors (Lipinski definition) is 8. The van der Waals surface area contributed by atoms with E-state index in [1.165, 1.54) is 0 Å². The van der Waals surface area contributed by atoms with Gasteiger partial charge in [0.1, 0.15) is 5.82 Å². The third-order valence-corrected chi connectivity index (χ3v) is 6.47. The van der Waals surface area contributed by atoms with E-state index in [2.05, 4.69) is 57.8 Å². The Morgan fingerprint density at radius 1 is 1.17 bits per heavy atom. The molecule has 1 aromatic carbocycles. The summed E-state index contributed by atoms with van der Waals surface area (Å²) in [5.74, 6) is 1.57. The SMILES string of the molecule is Cc1nnc2c(NCCCCNC(=O)[C@@H](N)C(C)C)nc3cc(N4CC(C)OC(C)C4)ccc3n12.Cl. The van der Waals surface area contributed by atoms with Gasteiger partial charge in [0.25, 0.3) is 0 Å². The van der Waals surface area contributed by atoms with E-state index in [1.807, 2.05) is 25.2 Å². The Morgan fingerprint density at radius 2 is 1.86 bits per heavy atom. The molecule has 0 spiro atoms. The lowest BCUT2D eigenvalue weighted by atomic mass is 10.1. The molecule has 198 valence electrons. The number of rotatable bonds is 9. The number of nitrogens with one attached hydrogen (secondary N) is 2. The van der Waals surface area contributed by atoms with Gasteiger partial charge in [0.05, 0.1) is 29.3 Å². The van der Waals surface area contributed by atoms with Crippen LogP contribution >= 0.6 is 12.4 Å². The topological polar surface area (TPSA) is 123 Å². The number of hydrogen-bond donors (Lipinski definition) is 3. The Kier molecular flexibility index (Phi) is 9.32. The van der Waals surface area contributed by atoms with Crippen molar-refractivity contribution in [2.75, 3.05) is 36.4 Å². The molecule has 1 saturated heterocycles. The molecule has 3 heterocycles. The highest BCUT2D eigenvalue weighted by Crippen LogP contribution is 2.27. The molecule has 3 atom stereocenters. The van der Waals surface area contributed by atoms with Crippen LogP contribution in [-0.4, -0.2) is 69.9 Å². The lowest BCUT2D eigenvalue weighted by Gasteiger charge is -2.36. The molecule has 0 saturated carbocycles. The lowest BCUT2D eigenvalue weighted by Crippen LogP contribution is -2.45. The second-order valence-corrected chi connectivity index (χ2v) is 9.90. The first-order valence-electron chi connectivity index (χ1n) is 12.6. The van der Waals surface area contributed by atoms with Gasteiger partial charge in [-0.3, -0.25) is 9.20 Å². The van der Waals surface area contributed by atoms with Crippen LogP contribution in [0.2, 0.25) is 0 Å². The minimum atomic E-state index is -0.465. The van der Waals surface area contributed by atoms with Crippen molar-refractivity contribution >= 4 is 46.5 Å². The third-order valence-electron chi connectivity index (χ3n) is 6.47. The third kappa shape index (κ3) is 6.16. The van der Waals surface area contributed by atoms with Gasteiger partial charge in [-0.05, 0) is 57.7 Å². The van der Waals surface area contributed by atoms with Crippen molar-refractivity contribution < 1.29 is 9.53 Å². The number of ether oxygens (including phenoxy) is 1. The Hall–Kier alpha value is -2.69. The van der Waals surface area contributed by atoms with Gasteiger partial charge in [-0.25, -0.2) is 4.98 Å². The van der Waals surface area contributed by atoms with Crippen LogP contribution in [0.1, 0.15) is 46.4 Å². The van der Waals surface area contributed by atoms with Gasteiger partial charge in [-0.15, -0.1) is 22.6 Å². The van der Waals surface area contributed by atoms with Crippen LogP contribution < -0.4 is 21.3 Å². The van der Waals surface area contributed by atoms with Crippen LogP contribution in [0.3, 0.4) is 0 Å². The maximum atomic E-state index is 12.0. The van der Waals surface area contributed by atoms with Gasteiger partial charge in [0.2, 0.25) is 11.6 Å². The van der Waals surface area contributed by atoms with Crippen molar-refractivity contribution in [3.8, 4) is 0 Å². The predicted molar refractivity (Wildman–Crippen MR) is 146 cm³/mol. The van der Waals surface area contributed by atoms with Crippen LogP contribution in [0.25, 0.3) is 16.7 Å². The quantitative estimate of drug-likeness (QED) is 0.369. The molecule has 36 heavy (non-hydrogen) atoms. The summed E-state index contributed by atoms with van der Waals surface area (Å²) in [5, 5.41) is 15.0. The van der Waals surface area contributed by atoms with E-state index in [4.69, 9.17) is 15.5 Å². The van der Waals surface area contributed by atoms with E-state index >= 15 is 0 Å². The smallest absolute Gasteiger partial charge is 0.237 e. The van der Waals surface area contributed by atoms with Gasteiger partial charge in [-0.1, -0.05) is 13.8 Å². The molecule has 0 radical (unpaired) electrons. The Bertz CT molecular complexity index is 1170. The summed E-state index contributed by atoms with van der Waals surface area (Å²) < 4.78 is 7.95. The first kappa shape index (κ1) is 27.9. The largest absolute Gasteiger partial charge is 0.372 e. The molecule has 0 bridgehead atoms. The number of benzene rings is 1. The summed E-state index contributed by atoms with van der Waals surface area (Å²) in [7, 11) is 0. The Labute approximate surface area is 218 Å². The van der Waals surface area contributed by atoms with Crippen molar-refractivity contribution in [2.24, 2.45) is 11.7 Å². The molecule has 11 heteroatoms. The number of aryl methyl sites for hydroxylation is 1. The summed E-state index contributed by atoms with van der Waals surface area (Å²) in [4.78, 5) is 19.3. The number of aromatic nitrogens is 4. The van der Waals surface area contributed by atoms with Crippen LogP contribution in [0.15, 0.2) is 18.2 Å². The van der Waals surface area contributed by atoms with Crippen LogP contribution in [-0.2, 0) is 9.53 Å². The van der Waals surface area contributed by atoms with E-state index in [1.54, 1.807) is 0 Å². The molecule has 1 aliphatic rings. The van der Waals surface area contributed by atoms with Crippen molar-refractivity contribution in [2.45, 2.75) is 65.7 Å². The van der Waals surface area contributed by atoms with Crippen LogP contribution in [0.5, 0.6) is 0 Å². The number of nitrogens with two attached hydrogens (primary N) is 1. The number of carbonyl (C=O) groups excluding carboxylic acids is 1. The van der Waals surface area contributed by atoms with E-state index < -0.39 is 6.04 Å². The molecule has 2 aromatic heterocycles. The first-order chi connectivity index (χ1) is 16.7. The summed E-state index contributed by atoms with van der Waals surface area (Å²) in [5.41, 5.74) is 9.62. The zero-order chi connectivity index (χ0) is 25.1. The maximum absolute atomic E-state index is 12.0. The predicted octanol–water partition coefficient (Wildman–Crippen LogP) is 2.91. The Balaban J connectivity index is 0.00000361. The standard InChI is InChI=1S/C25H38N8O2.ClH/c1-15(2)22(26)25(34)28-11-7-6-10-27-23-24-31-30-18(5)33(24)21-9-8-19(12-20(21)29-23)32-13-16(3)35-17(4)14-32;/h8-9,12,15-17,22H,6-7,10-11,13-14,26H2,1-5H3,(H,27,29)(H,28,34);1H/t16?,17?,22-;/m0./s1. The molecule has 4 N–H and O–H groups in total. The number of unbranched alkanes of at least 4 members (excludes halogenated alkanes) is 1. The van der Waals surface area contributed by atoms with Crippen molar-refractivity contribution in [1.82, 2.24) is 24.9 Å². The van der Waals surface area contributed by atoms with Gasteiger partial charge < -0.3 is 26.0 Å². The van der Waals surface area contributed by atoms with Crippen LogP contribution in [0, 0.1) is 12.8 Å². The number of anilines is 2. The zero-order valence-corrected chi connectivity index (χ0v) is 22.6. The zero-order valence-electron chi connectivity index (χ0n) is 21.8. The number of carbonyl (C=O) groups is 1. The average Bonchev–Trinajstić information content (AvgIpc) is 3.21. The molecule has 10 nitrogen and oxygen atoms in total. The highest BCUT2D eigenvalue weighted by molar-refractivity contribution is 5.86. The maximum Gasteiger partial charge on any atom is 0.237 e. The molecule has 2 unspecified atom stereocenters. The fourth-order valence-corrected chi connectivity index (χ4v) is 4.56. The average molecular weight is 519 g/mol. The van der Waals surface area contributed by atoms with Gasteiger partial charge in [-0.2, -0.15) is 0 Å². The second kappa shape index (κ2) is 12.0. The van der Waals surface area contributed by atoms with Gasteiger partial charge in [0.15, 0.2) is 5.82 Å². The minimum absolute atomic E-state index is 0. The number of amides is 1. The monoisotopic (exact) mass is 518 g/mol. The van der Waals surface area contributed by atoms with E-state index in [0.717, 1.165) is 48.5 Å². The molecule has 4 rings (SSSR count). The van der Waals surface area contributed by atoms with Gasteiger partial charge in [0, 0.05) is 31.9 Å². The number of fused-ring (bicyclic) bond motifs is 3. The van der Waals surface area contributed by atoms with Crippen molar-refractivity contribution in [3.05, 3.63) is 24.0 Å². The summed E-state index contributed by atoms with van der Waals surface area (Å²) >= 11 is 0. The van der Waals surface area contributed by atoms with E-state index in [9.17, 15) is 4.79 Å².